The van der Waals surface area contributed by atoms with Crippen LogP contribution < -0.4 is 0 Å². The first-order valence-corrected chi connectivity index (χ1v) is 4.03. The van der Waals surface area contributed by atoms with E-state index >= 15 is 0 Å². The molecule has 0 aliphatic carbocycles. The van der Waals surface area contributed by atoms with Gasteiger partial charge in [0, 0.05) is 5.88 Å². The van der Waals surface area contributed by atoms with E-state index in [9.17, 15) is 0 Å². The predicted molar refractivity (Wildman–Crippen MR) is 32.7 cm³/mol. The third-order valence-electron chi connectivity index (χ3n) is 0.672. The Balaban J connectivity index is 2.45. The van der Waals surface area contributed by atoms with E-state index in [4.69, 9.17) is 16.4 Å². The molecule has 1 N–H and O–H groups in total. The Morgan fingerprint density at radius 3 is 2.57 bits per heavy atom. The molecule has 0 heterocycles. The summed E-state index contributed by atoms with van der Waals surface area (Å²) in [7, 11) is 0.109. The van der Waals surface area contributed by atoms with E-state index in [2.05, 4.69) is 0 Å². The topological polar surface area (TPSA) is 20.2 Å². The van der Waals surface area contributed by atoms with E-state index < -0.39 is 0 Å². The third kappa shape index (κ3) is 6.47. The van der Waals surface area contributed by atoms with Crippen LogP contribution in [0.4, 0.5) is 0 Å². The lowest BCUT2D eigenvalue weighted by Gasteiger charge is -1.87. The second-order valence-electron chi connectivity index (χ2n) is 1.30. The van der Waals surface area contributed by atoms with E-state index in [0.717, 1.165) is 24.8 Å². The van der Waals surface area contributed by atoms with Crippen molar-refractivity contribution < 1.29 is 4.80 Å². The summed E-state index contributed by atoms with van der Waals surface area (Å²) in [6, 6.07) is 0.923. The Morgan fingerprint density at radius 2 is 2.14 bits per heavy atom. The minimum atomic E-state index is 0.109. The average Bonchev–Trinajstić information content (AvgIpc) is 1.69. The predicted octanol–water partition coefficient (Wildman–Crippen LogP) is 1.04. The summed E-state index contributed by atoms with van der Waals surface area (Å²) in [5, 5.41) is 0. The molecule has 0 saturated carbocycles. The molecule has 0 fully saturated rings. The summed E-state index contributed by atoms with van der Waals surface area (Å²) in [5.74, 6) is 0.727. The van der Waals surface area contributed by atoms with Gasteiger partial charge in [0.25, 0.3) is 0 Å². The van der Waals surface area contributed by atoms with Gasteiger partial charge in [-0.25, -0.2) is 0 Å². The van der Waals surface area contributed by atoms with Crippen LogP contribution in [-0.2, 0) is 0 Å². The zero-order chi connectivity index (χ0) is 5.54. The molecule has 0 saturated heterocycles. The first-order chi connectivity index (χ1) is 3.41. The van der Waals surface area contributed by atoms with Crippen LogP contribution in [0.1, 0.15) is 12.8 Å². The molecule has 0 aromatic rings. The van der Waals surface area contributed by atoms with Crippen molar-refractivity contribution in [2.75, 3.05) is 5.88 Å². The van der Waals surface area contributed by atoms with Crippen LogP contribution >= 0.6 is 11.6 Å². The third-order valence-corrected chi connectivity index (χ3v) is 1.52. The molecule has 0 aromatic carbocycles. The Morgan fingerprint density at radius 1 is 1.43 bits per heavy atom. The van der Waals surface area contributed by atoms with Crippen LogP contribution in [0.2, 0.25) is 6.04 Å². The van der Waals surface area contributed by atoms with Gasteiger partial charge in [0.05, 0.1) is 0 Å². The van der Waals surface area contributed by atoms with Gasteiger partial charge in [0.1, 0.15) is 0 Å². The maximum Gasteiger partial charge on any atom is 0.224 e. The Labute approximate surface area is 51.6 Å². The van der Waals surface area contributed by atoms with Crippen molar-refractivity contribution in [2.45, 2.75) is 18.9 Å². The normalized spacial score (nSPS) is 9.43. The van der Waals surface area contributed by atoms with Crippen molar-refractivity contribution >= 4 is 21.4 Å². The van der Waals surface area contributed by atoms with Crippen molar-refractivity contribution in [3.05, 3.63) is 0 Å². The van der Waals surface area contributed by atoms with E-state index in [1.165, 1.54) is 0 Å². The highest BCUT2D eigenvalue weighted by atomic mass is 35.5. The molecule has 1 nitrogen and oxygen atoms in total. The maximum atomic E-state index is 8.28. The molecule has 7 heavy (non-hydrogen) atoms. The molecular weight excluding hydrogens is 128 g/mol. The number of rotatable bonds is 4. The second-order valence-corrected chi connectivity index (χ2v) is 2.50. The van der Waals surface area contributed by atoms with Crippen molar-refractivity contribution in [1.82, 2.24) is 0 Å². The minimum Gasteiger partial charge on any atom is -0.432 e. The van der Waals surface area contributed by atoms with Gasteiger partial charge in [0.15, 0.2) is 0 Å². The smallest absolute Gasteiger partial charge is 0.224 e. The molecule has 2 radical (unpaired) electrons. The molecule has 0 bridgehead atoms. The average molecular weight is 137 g/mol. The molecule has 0 aliphatic heterocycles. The summed E-state index contributed by atoms with van der Waals surface area (Å²) in [5.41, 5.74) is 0. The van der Waals surface area contributed by atoms with Gasteiger partial charge in [-0.1, -0.05) is 6.42 Å². The molecule has 3 heteroatoms. The number of halogens is 1. The van der Waals surface area contributed by atoms with Crippen LogP contribution in [0.25, 0.3) is 0 Å². The number of hydrogen-bond acceptors (Lipinski definition) is 1. The summed E-state index contributed by atoms with van der Waals surface area (Å²) < 4.78 is 0. The zero-order valence-electron chi connectivity index (χ0n) is 4.15. The number of unbranched alkanes of at least 4 members (excludes halogenated alkanes) is 1. The van der Waals surface area contributed by atoms with Gasteiger partial charge in [-0.3, -0.25) is 0 Å². The van der Waals surface area contributed by atoms with E-state index in [0.29, 0.717) is 0 Å². The summed E-state index contributed by atoms with van der Waals surface area (Å²) in [6.07, 6.45) is 2.10. The molecule has 0 unspecified atom stereocenters. The second kappa shape index (κ2) is 6.47. The fraction of sp³-hybridized carbons (Fsp3) is 1.00. The molecule has 0 atom stereocenters. The summed E-state index contributed by atoms with van der Waals surface area (Å²) >= 11 is 5.36. The molecule has 0 amide bonds. The Hall–Kier alpha value is 0.467. The fourth-order valence-electron chi connectivity index (χ4n) is 0.299. The summed E-state index contributed by atoms with van der Waals surface area (Å²) in [4.78, 5) is 8.28. The van der Waals surface area contributed by atoms with Crippen LogP contribution in [0.5, 0.6) is 0 Å². The Bertz CT molecular complexity index is 30.9. The quantitative estimate of drug-likeness (QED) is 0.348. The molecule has 0 spiro atoms. The first-order valence-electron chi connectivity index (χ1n) is 2.34. The van der Waals surface area contributed by atoms with E-state index in [1.807, 2.05) is 0 Å². The van der Waals surface area contributed by atoms with Crippen molar-refractivity contribution in [3.8, 4) is 0 Å². The van der Waals surface area contributed by atoms with Crippen LogP contribution in [0.15, 0.2) is 0 Å². The van der Waals surface area contributed by atoms with E-state index in [1.54, 1.807) is 0 Å². The lowest BCUT2D eigenvalue weighted by molar-refractivity contribution is 0.595. The van der Waals surface area contributed by atoms with Gasteiger partial charge >= 0.3 is 0 Å². The monoisotopic (exact) mass is 136 g/mol. The summed E-state index contributed by atoms with van der Waals surface area (Å²) in [6.45, 7) is 0. The van der Waals surface area contributed by atoms with Gasteiger partial charge in [-0.05, 0) is 12.5 Å². The van der Waals surface area contributed by atoms with Crippen LogP contribution in [-0.4, -0.2) is 20.4 Å². The zero-order valence-corrected chi connectivity index (χ0v) is 5.91. The molecule has 0 aliphatic rings. The molecule has 0 aromatic heterocycles. The minimum absolute atomic E-state index is 0.109. The van der Waals surface area contributed by atoms with Crippen LogP contribution in [0, 0.1) is 0 Å². The highest BCUT2D eigenvalue weighted by Crippen LogP contribution is 1.94. The van der Waals surface area contributed by atoms with Crippen LogP contribution in [0.3, 0.4) is 0 Å². The molecular formula is C4H9ClOSi. The number of alkyl halides is 1. The van der Waals surface area contributed by atoms with Gasteiger partial charge in [0.2, 0.25) is 9.76 Å². The highest BCUT2D eigenvalue weighted by molar-refractivity contribution is 6.25. The van der Waals surface area contributed by atoms with Gasteiger partial charge < -0.3 is 4.80 Å². The first kappa shape index (κ1) is 7.47. The Kier molecular flexibility index (Phi) is 6.90. The highest BCUT2D eigenvalue weighted by Gasteiger charge is 1.84. The standard InChI is InChI=1S/C4H9ClOSi/c5-3-1-2-4-7-6/h6H,1-4H2. The van der Waals surface area contributed by atoms with Crippen molar-refractivity contribution in [2.24, 2.45) is 0 Å². The van der Waals surface area contributed by atoms with Crippen molar-refractivity contribution in [3.63, 3.8) is 0 Å². The lowest BCUT2D eigenvalue weighted by atomic mass is 10.4. The number of hydrogen-bond donors (Lipinski definition) is 1. The van der Waals surface area contributed by atoms with Crippen molar-refractivity contribution in [1.29, 1.82) is 0 Å². The maximum absolute atomic E-state index is 8.28. The SMILES string of the molecule is O[Si]CCCCCl. The lowest BCUT2D eigenvalue weighted by Crippen LogP contribution is -1.85. The van der Waals surface area contributed by atoms with Gasteiger partial charge in [-0.2, -0.15) is 0 Å². The largest absolute Gasteiger partial charge is 0.432 e. The van der Waals surface area contributed by atoms with E-state index in [-0.39, 0.29) is 9.76 Å². The van der Waals surface area contributed by atoms with Gasteiger partial charge in [-0.15, -0.1) is 11.6 Å². The molecule has 42 valence electrons. The molecule has 0 rings (SSSR count). The fourth-order valence-corrected chi connectivity index (χ4v) is 0.896.